The van der Waals surface area contributed by atoms with E-state index in [2.05, 4.69) is 55.0 Å². The van der Waals surface area contributed by atoms with E-state index in [4.69, 9.17) is 4.74 Å². The van der Waals surface area contributed by atoms with Crippen LogP contribution >= 0.6 is 0 Å². The minimum atomic E-state index is 0.916. The number of rotatable bonds is 8. The predicted octanol–water partition coefficient (Wildman–Crippen LogP) is 1.81. The number of likely N-dealkylation sites (N-methyl/N-ethyl adjacent to an activating group) is 1. The maximum Gasteiger partial charge on any atom is 0.193 e. The molecule has 2 aliphatic heterocycles. The summed E-state index contributed by atoms with van der Waals surface area (Å²) in [5.41, 5.74) is 1.23. The quantitative estimate of drug-likeness (QED) is 0.396. The third-order valence-corrected chi connectivity index (χ3v) is 6.31. The first-order valence-corrected chi connectivity index (χ1v) is 11.5. The summed E-state index contributed by atoms with van der Waals surface area (Å²) in [4.78, 5) is 14.5. The van der Waals surface area contributed by atoms with Gasteiger partial charge in [0, 0.05) is 77.7 Å². The highest BCUT2D eigenvalue weighted by Gasteiger charge is 2.20. The monoisotopic (exact) mass is 416 g/mol. The summed E-state index contributed by atoms with van der Waals surface area (Å²) in [5, 5.41) is 3.58. The van der Waals surface area contributed by atoms with Crippen molar-refractivity contribution in [2.24, 2.45) is 4.99 Å². The zero-order valence-corrected chi connectivity index (χ0v) is 19.1. The van der Waals surface area contributed by atoms with Gasteiger partial charge in [0.15, 0.2) is 5.96 Å². The molecule has 0 unspecified atom stereocenters. The molecule has 1 aromatic carbocycles. The van der Waals surface area contributed by atoms with Gasteiger partial charge in [0.05, 0.1) is 7.11 Å². The lowest BCUT2D eigenvalue weighted by Gasteiger charge is -2.37. The Kier molecular flexibility index (Phi) is 9.08. The van der Waals surface area contributed by atoms with Crippen LogP contribution in [0, 0.1) is 0 Å². The van der Waals surface area contributed by atoms with Crippen molar-refractivity contribution < 1.29 is 4.74 Å². The molecule has 7 nitrogen and oxygen atoms in total. The van der Waals surface area contributed by atoms with E-state index in [-0.39, 0.29) is 0 Å². The molecule has 1 N–H and O–H groups in total. The van der Waals surface area contributed by atoms with Gasteiger partial charge in [-0.15, -0.1) is 0 Å². The van der Waals surface area contributed by atoms with Crippen molar-refractivity contribution in [1.82, 2.24) is 20.0 Å². The van der Waals surface area contributed by atoms with Crippen molar-refractivity contribution in [3.8, 4) is 5.75 Å². The topological polar surface area (TPSA) is 46.6 Å². The fourth-order valence-corrected chi connectivity index (χ4v) is 4.31. The van der Waals surface area contributed by atoms with E-state index < -0.39 is 0 Å². The highest BCUT2D eigenvalue weighted by Crippen LogP contribution is 2.22. The second kappa shape index (κ2) is 12.0. The van der Waals surface area contributed by atoms with E-state index in [0.717, 1.165) is 44.4 Å². The molecule has 2 fully saturated rings. The number of ether oxygens (including phenoxy) is 1. The fraction of sp³-hybridized carbons (Fsp3) is 0.696. The highest BCUT2D eigenvalue weighted by molar-refractivity contribution is 5.80. The molecule has 7 heteroatoms. The van der Waals surface area contributed by atoms with Gasteiger partial charge < -0.3 is 29.7 Å². The average molecular weight is 417 g/mol. The molecule has 30 heavy (non-hydrogen) atoms. The maximum atomic E-state index is 5.36. The normalized spacial score (nSPS) is 19.2. The summed E-state index contributed by atoms with van der Waals surface area (Å²) in [6, 6.07) is 8.33. The van der Waals surface area contributed by atoms with E-state index in [1.807, 2.05) is 13.1 Å². The molecular weight excluding hydrogens is 376 g/mol. The van der Waals surface area contributed by atoms with Gasteiger partial charge in [0.2, 0.25) is 0 Å². The Labute approximate surface area is 182 Å². The van der Waals surface area contributed by atoms with Crippen molar-refractivity contribution in [3.05, 3.63) is 24.3 Å². The molecule has 168 valence electrons. The van der Waals surface area contributed by atoms with Gasteiger partial charge in [0.1, 0.15) is 5.75 Å². The number of piperazine rings is 2. The average Bonchev–Trinajstić information content (AvgIpc) is 2.82. The third kappa shape index (κ3) is 6.51. The number of hydrogen-bond acceptors (Lipinski definition) is 5. The van der Waals surface area contributed by atoms with Crippen molar-refractivity contribution in [3.63, 3.8) is 0 Å². The minimum Gasteiger partial charge on any atom is -0.497 e. The van der Waals surface area contributed by atoms with E-state index in [0.29, 0.717) is 0 Å². The number of anilines is 1. The molecule has 0 bridgehead atoms. The molecule has 0 amide bonds. The van der Waals surface area contributed by atoms with E-state index in [1.165, 1.54) is 57.8 Å². The Morgan fingerprint density at radius 2 is 1.73 bits per heavy atom. The molecule has 3 rings (SSSR count). The van der Waals surface area contributed by atoms with E-state index in [1.54, 1.807) is 7.11 Å². The smallest absolute Gasteiger partial charge is 0.193 e. The Morgan fingerprint density at radius 1 is 1.00 bits per heavy atom. The van der Waals surface area contributed by atoms with Crippen LogP contribution < -0.4 is 15.0 Å². The molecule has 1 aromatic rings. The molecule has 0 radical (unpaired) electrons. The molecule has 0 aromatic heterocycles. The van der Waals surface area contributed by atoms with Gasteiger partial charge >= 0.3 is 0 Å². The van der Waals surface area contributed by atoms with E-state index in [9.17, 15) is 0 Å². The number of methoxy groups -OCH3 is 1. The van der Waals surface area contributed by atoms with Crippen molar-refractivity contribution in [2.75, 3.05) is 91.0 Å². The summed E-state index contributed by atoms with van der Waals surface area (Å²) in [6.07, 6.45) is 2.44. The Morgan fingerprint density at radius 3 is 2.40 bits per heavy atom. The first kappa shape index (κ1) is 22.7. The summed E-state index contributed by atoms with van der Waals surface area (Å²) in [6.45, 7) is 14.5. The molecule has 0 spiro atoms. The predicted molar refractivity (Wildman–Crippen MR) is 126 cm³/mol. The lowest BCUT2D eigenvalue weighted by molar-refractivity contribution is 0.136. The molecule has 2 saturated heterocycles. The van der Waals surface area contributed by atoms with Gasteiger partial charge in [-0.25, -0.2) is 0 Å². The SMILES string of the molecule is CCN1CCN(CCCCNC(=NC)N2CCN(c3cccc(OC)c3)CC2)CC1. The fourth-order valence-electron chi connectivity index (χ4n) is 4.31. The zero-order valence-electron chi connectivity index (χ0n) is 19.1. The number of benzene rings is 1. The van der Waals surface area contributed by atoms with Gasteiger partial charge in [-0.2, -0.15) is 0 Å². The van der Waals surface area contributed by atoms with Gasteiger partial charge in [0.25, 0.3) is 0 Å². The summed E-state index contributed by atoms with van der Waals surface area (Å²) >= 11 is 0. The van der Waals surface area contributed by atoms with Gasteiger partial charge in [-0.05, 0) is 38.1 Å². The second-order valence-electron chi connectivity index (χ2n) is 8.13. The van der Waals surface area contributed by atoms with Crippen molar-refractivity contribution in [2.45, 2.75) is 19.8 Å². The van der Waals surface area contributed by atoms with Gasteiger partial charge in [-0.3, -0.25) is 4.99 Å². The second-order valence-corrected chi connectivity index (χ2v) is 8.13. The number of hydrogen-bond donors (Lipinski definition) is 1. The number of aliphatic imine (C=N–C) groups is 1. The van der Waals surface area contributed by atoms with Crippen LogP contribution in [-0.4, -0.2) is 107 Å². The lowest BCUT2D eigenvalue weighted by Crippen LogP contribution is -2.52. The molecule has 0 atom stereocenters. The van der Waals surface area contributed by atoms with Crippen LogP contribution in [0.25, 0.3) is 0 Å². The Hall–Kier alpha value is -1.99. The van der Waals surface area contributed by atoms with Crippen LogP contribution in [0.2, 0.25) is 0 Å². The number of nitrogens with zero attached hydrogens (tertiary/aromatic N) is 5. The van der Waals surface area contributed by atoms with Crippen LogP contribution in [0.5, 0.6) is 5.75 Å². The van der Waals surface area contributed by atoms with E-state index >= 15 is 0 Å². The summed E-state index contributed by atoms with van der Waals surface area (Å²) in [7, 11) is 3.61. The first-order valence-electron chi connectivity index (χ1n) is 11.5. The minimum absolute atomic E-state index is 0.916. The molecule has 0 saturated carbocycles. The van der Waals surface area contributed by atoms with Crippen molar-refractivity contribution >= 4 is 11.6 Å². The largest absolute Gasteiger partial charge is 0.497 e. The molecule has 2 aliphatic rings. The van der Waals surface area contributed by atoms with Crippen LogP contribution in [0.4, 0.5) is 5.69 Å². The molecule has 0 aliphatic carbocycles. The number of nitrogens with one attached hydrogen (secondary N) is 1. The summed E-state index contributed by atoms with van der Waals surface area (Å²) in [5.74, 6) is 1.96. The van der Waals surface area contributed by atoms with Crippen molar-refractivity contribution in [1.29, 1.82) is 0 Å². The zero-order chi connectivity index (χ0) is 21.2. The lowest BCUT2D eigenvalue weighted by atomic mass is 10.2. The maximum absolute atomic E-state index is 5.36. The standard InChI is InChI=1S/C23H40N6O/c1-4-26-12-14-27(15-13-26)11-6-5-10-25-23(24-2)29-18-16-28(17-19-29)21-8-7-9-22(20-21)30-3/h7-9,20H,4-6,10-19H2,1-3H3,(H,24,25). The van der Waals surface area contributed by atoms with Gasteiger partial charge in [-0.1, -0.05) is 13.0 Å². The Balaban J connectivity index is 1.33. The van der Waals surface area contributed by atoms with Crippen LogP contribution in [0.1, 0.15) is 19.8 Å². The number of guanidine groups is 1. The molecule has 2 heterocycles. The molecular formula is C23H40N6O. The van der Waals surface area contributed by atoms with Crippen LogP contribution in [0.3, 0.4) is 0 Å². The van der Waals surface area contributed by atoms with Crippen LogP contribution in [-0.2, 0) is 0 Å². The summed E-state index contributed by atoms with van der Waals surface area (Å²) < 4.78 is 5.36. The third-order valence-electron chi connectivity index (χ3n) is 6.31. The first-order chi connectivity index (χ1) is 14.7. The van der Waals surface area contributed by atoms with Crippen LogP contribution in [0.15, 0.2) is 29.3 Å². The highest BCUT2D eigenvalue weighted by atomic mass is 16.5. The Bertz CT molecular complexity index is 651. The number of unbranched alkanes of at least 4 members (excludes halogenated alkanes) is 1.